The molecule has 7 nitrogen and oxygen atoms in total. The number of carbonyl (C=O) groups is 2. The molecule has 1 atom stereocenters. The lowest BCUT2D eigenvalue weighted by molar-refractivity contribution is -0.120. The van der Waals surface area contributed by atoms with Crippen LogP contribution in [0.2, 0.25) is 0 Å². The number of piperidine rings is 1. The van der Waals surface area contributed by atoms with Crippen molar-refractivity contribution in [2.24, 2.45) is 0 Å². The van der Waals surface area contributed by atoms with Gasteiger partial charge in [-0.1, -0.05) is 43.3 Å². The molecule has 4 rings (SSSR count). The summed E-state index contributed by atoms with van der Waals surface area (Å²) in [5.41, 5.74) is 1.63. The van der Waals surface area contributed by atoms with Gasteiger partial charge in [-0.2, -0.15) is 0 Å². The summed E-state index contributed by atoms with van der Waals surface area (Å²) < 4.78 is 6.40. The van der Waals surface area contributed by atoms with Gasteiger partial charge in [0.2, 0.25) is 11.8 Å². The Morgan fingerprint density at radius 2 is 1.82 bits per heavy atom. The van der Waals surface area contributed by atoms with E-state index in [2.05, 4.69) is 27.0 Å². The number of likely N-dealkylation sites (tertiary alicyclic amines) is 1. The highest BCUT2D eigenvalue weighted by Crippen LogP contribution is 2.32. The van der Waals surface area contributed by atoms with Crippen LogP contribution >= 0.6 is 11.3 Å². The zero-order chi connectivity index (χ0) is 26.7. The molecule has 1 aliphatic rings. The first kappa shape index (κ1) is 27.8. The summed E-state index contributed by atoms with van der Waals surface area (Å²) in [5, 5.41) is 8.32. The highest BCUT2D eigenvalue weighted by Gasteiger charge is 2.29. The van der Waals surface area contributed by atoms with Crippen molar-refractivity contribution in [1.82, 2.24) is 10.2 Å². The van der Waals surface area contributed by atoms with Crippen LogP contribution in [0.4, 0.5) is 11.4 Å². The molecule has 2 aromatic carbocycles. The number of hydrogen-bond donors (Lipinski definition) is 2. The van der Waals surface area contributed by atoms with E-state index in [1.54, 1.807) is 11.3 Å². The standard InChI is InChI=1S/C30H38N4O3S.2H2/c1-3-30(36)34(23-10-5-4-6-11-23)24-16-19-33(20-17-24)22-29(35)32-25-12-7-8-13-26(25)37-27(15-18-31-2)28-14-9-21-38-28;;/h4-14,21,24,27,31H,3,15-20,22H2,1-2H3,(H,32,35);2*1H. The Kier molecular flexibility index (Phi) is 10.3. The minimum absolute atomic E-state index is 0. The summed E-state index contributed by atoms with van der Waals surface area (Å²) in [4.78, 5) is 31.1. The molecule has 1 fully saturated rings. The van der Waals surface area contributed by atoms with Crippen molar-refractivity contribution < 1.29 is 17.2 Å². The molecule has 1 unspecified atom stereocenters. The molecule has 0 aliphatic carbocycles. The van der Waals surface area contributed by atoms with E-state index in [1.165, 1.54) is 0 Å². The Hall–Kier alpha value is -3.20. The van der Waals surface area contributed by atoms with Gasteiger partial charge >= 0.3 is 0 Å². The van der Waals surface area contributed by atoms with Gasteiger partial charge in [-0.05, 0) is 62.1 Å². The number of carbonyl (C=O) groups excluding carboxylic acids is 2. The number of ether oxygens (including phenoxy) is 1. The lowest BCUT2D eigenvalue weighted by Gasteiger charge is -2.38. The summed E-state index contributed by atoms with van der Waals surface area (Å²) in [5.74, 6) is 0.747. The third-order valence-electron chi connectivity index (χ3n) is 6.84. The smallest absolute Gasteiger partial charge is 0.238 e. The molecule has 206 valence electrons. The maximum Gasteiger partial charge on any atom is 0.238 e. The van der Waals surface area contributed by atoms with Crippen molar-refractivity contribution in [2.45, 2.75) is 44.8 Å². The Morgan fingerprint density at radius 1 is 1.08 bits per heavy atom. The number of anilines is 2. The van der Waals surface area contributed by atoms with Crippen molar-refractivity contribution in [2.75, 3.05) is 43.4 Å². The number of nitrogens with one attached hydrogen (secondary N) is 2. The molecule has 2 heterocycles. The van der Waals surface area contributed by atoms with Crippen molar-refractivity contribution in [3.63, 3.8) is 0 Å². The fraction of sp³-hybridized carbons (Fsp3) is 0.400. The molecule has 0 saturated carbocycles. The van der Waals surface area contributed by atoms with Crippen LogP contribution in [0.3, 0.4) is 0 Å². The number of amides is 2. The Labute approximate surface area is 232 Å². The summed E-state index contributed by atoms with van der Waals surface area (Å²) in [7, 11) is 1.93. The maximum atomic E-state index is 13.0. The van der Waals surface area contributed by atoms with Crippen LogP contribution in [0.5, 0.6) is 5.75 Å². The quantitative estimate of drug-likeness (QED) is 0.304. The topological polar surface area (TPSA) is 73.9 Å². The van der Waals surface area contributed by atoms with Crippen LogP contribution in [-0.2, 0) is 9.59 Å². The number of thiophene rings is 1. The van der Waals surface area contributed by atoms with E-state index >= 15 is 0 Å². The van der Waals surface area contributed by atoms with E-state index in [0.29, 0.717) is 24.4 Å². The Bertz CT molecular complexity index is 1160. The minimum atomic E-state index is -0.0853. The summed E-state index contributed by atoms with van der Waals surface area (Å²) >= 11 is 1.68. The first-order chi connectivity index (χ1) is 18.6. The molecule has 0 spiro atoms. The van der Waals surface area contributed by atoms with E-state index in [0.717, 1.165) is 49.5 Å². The van der Waals surface area contributed by atoms with Crippen molar-refractivity contribution in [3.8, 4) is 5.75 Å². The van der Waals surface area contributed by atoms with E-state index in [4.69, 9.17) is 4.74 Å². The SMILES string of the molecule is CCC(=O)N(c1ccccc1)C1CCN(CC(=O)Nc2ccccc2OC(CCNC)c2cccs2)CC1.[HH].[HH]. The van der Waals surface area contributed by atoms with Crippen LogP contribution in [0.25, 0.3) is 0 Å². The summed E-state index contributed by atoms with van der Waals surface area (Å²) in [6.45, 7) is 4.57. The van der Waals surface area contributed by atoms with Gasteiger partial charge in [-0.15, -0.1) is 11.3 Å². The third-order valence-corrected chi connectivity index (χ3v) is 7.81. The van der Waals surface area contributed by atoms with Crippen LogP contribution in [-0.4, -0.2) is 56.0 Å². The number of para-hydroxylation sites is 3. The van der Waals surface area contributed by atoms with Crippen LogP contribution in [0.1, 0.15) is 46.4 Å². The molecule has 3 aromatic rings. The molecule has 0 bridgehead atoms. The van der Waals surface area contributed by atoms with Crippen LogP contribution < -0.4 is 20.3 Å². The number of hydrogen-bond acceptors (Lipinski definition) is 6. The fourth-order valence-corrected chi connectivity index (χ4v) is 5.67. The second-order valence-electron chi connectivity index (χ2n) is 9.52. The molecule has 1 aliphatic heterocycles. The average molecular weight is 539 g/mol. The summed E-state index contributed by atoms with van der Waals surface area (Å²) in [6, 6.07) is 21.8. The first-order valence-electron chi connectivity index (χ1n) is 13.4. The number of benzene rings is 2. The number of nitrogens with zero attached hydrogens (tertiary/aromatic N) is 2. The van der Waals surface area contributed by atoms with Crippen LogP contribution in [0, 0.1) is 0 Å². The lowest BCUT2D eigenvalue weighted by atomic mass is 10.0. The monoisotopic (exact) mass is 538 g/mol. The van der Waals surface area contributed by atoms with E-state index in [9.17, 15) is 9.59 Å². The number of rotatable bonds is 12. The van der Waals surface area contributed by atoms with Gasteiger partial charge in [0.1, 0.15) is 11.9 Å². The zero-order valence-electron chi connectivity index (χ0n) is 22.3. The summed E-state index contributed by atoms with van der Waals surface area (Å²) in [6.07, 6.45) is 2.89. The zero-order valence-corrected chi connectivity index (χ0v) is 23.1. The molecule has 1 aromatic heterocycles. The van der Waals surface area contributed by atoms with E-state index in [1.807, 2.05) is 79.5 Å². The predicted molar refractivity (Wildman–Crippen MR) is 159 cm³/mol. The highest BCUT2D eigenvalue weighted by atomic mass is 32.1. The second kappa shape index (κ2) is 14.1. The van der Waals surface area contributed by atoms with E-state index in [-0.39, 0.29) is 26.8 Å². The van der Waals surface area contributed by atoms with Gasteiger partial charge in [0.05, 0.1) is 12.2 Å². The molecule has 38 heavy (non-hydrogen) atoms. The molecule has 8 heteroatoms. The molecule has 0 radical (unpaired) electrons. The normalized spacial score (nSPS) is 15.1. The maximum absolute atomic E-state index is 13.0. The van der Waals surface area contributed by atoms with E-state index < -0.39 is 0 Å². The minimum Gasteiger partial charge on any atom is -0.483 e. The van der Waals surface area contributed by atoms with Crippen molar-refractivity contribution in [3.05, 3.63) is 77.0 Å². The highest BCUT2D eigenvalue weighted by molar-refractivity contribution is 7.10. The van der Waals surface area contributed by atoms with Crippen molar-refractivity contribution >= 4 is 34.5 Å². The molecule has 2 amide bonds. The fourth-order valence-electron chi connectivity index (χ4n) is 4.88. The van der Waals surface area contributed by atoms with Gasteiger partial charge in [0.25, 0.3) is 0 Å². The van der Waals surface area contributed by atoms with Gasteiger partial charge in [-0.25, -0.2) is 0 Å². The largest absolute Gasteiger partial charge is 0.483 e. The first-order valence-corrected chi connectivity index (χ1v) is 14.3. The van der Waals surface area contributed by atoms with Gasteiger partial charge in [-0.3, -0.25) is 14.5 Å². The predicted octanol–water partition coefficient (Wildman–Crippen LogP) is 5.82. The van der Waals surface area contributed by atoms with Crippen LogP contribution in [0.15, 0.2) is 72.1 Å². The molecular formula is C30H42N4O3S. The Morgan fingerprint density at radius 3 is 2.50 bits per heavy atom. The Balaban J connectivity index is 0.00000280. The average Bonchev–Trinajstić information content (AvgIpc) is 3.48. The molecular weight excluding hydrogens is 496 g/mol. The van der Waals surface area contributed by atoms with Crippen molar-refractivity contribution in [1.29, 1.82) is 0 Å². The van der Waals surface area contributed by atoms with Gasteiger partial charge < -0.3 is 20.3 Å². The third kappa shape index (κ3) is 7.43. The molecule has 1 saturated heterocycles. The second-order valence-corrected chi connectivity index (χ2v) is 10.5. The molecule has 2 N–H and O–H groups in total. The van der Waals surface area contributed by atoms with Gasteiger partial charge in [0.15, 0.2) is 0 Å². The lowest BCUT2D eigenvalue weighted by Crippen LogP contribution is -2.48. The van der Waals surface area contributed by atoms with Gasteiger partial charge in [0, 0.05) is 45.4 Å².